The Labute approximate surface area is 83.0 Å². The molecule has 12 heavy (non-hydrogen) atoms. The molecule has 0 rings (SSSR count). The zero-order valence-electron chi connectivity index (χ0n) is 8.57. The number of hydrogen-bond donors (Lipinski definition) is 0. The van der Waals surface area contributed by atoms with Gasteiger partial charge in [-0.2, -0.15) is 0 Å². The van der Waals surface area contributed by atoms with Crippen molar-refractivity contribution in [2.45, 2.75) is 45.3 Å². The van der Waals surface area contributed by atoms with Crippen LogP contribution in [0.3, 0.4) is 0 Å². The summed E-state index contributed by atoms with van der Waals surface area (Å²) in [6.45, 7) is 6.81. The van der Waals surface area contributed by atoms with Gasteiger partial charge in [-0.3, -0.25) is 0 Å². The van der Waals surface area contributed by atoms with Gasteiger partial charge >= 0.3 is 0 Å². The maximum Gasteiger partial charge on any atom is 0.0755 e. The molecule has 0 N–H and O–H groups in total. The normalized spacial score (nSPS) is 16.7. The molecular weight excluding hydrogens is 184 g/mol. The first-order valence-electron chi connectivity index (χ1n) is 4.88. The maximum atomic E-state index is 5.80. The van der Waals surface area contributed by atoms with E-state index in [2.05, 4.69) is 32.2 Å². The highest BCUT2D eigenvalue weighted by atomic mass is 35.5. The van der Waals surface area contributed by atoms with Crippen LogP contribution in [0, 0.1) is 0 Å². The highest BCUT2D eigenvalue weighted by Crippen LogP contribution is 2.20. The highest BCUT2D eigenvalue weighted by Gasteiger charge is 2.21. The molecule has 0 aliphatic carbocycles. The molecule has 0 aromatic rings. The Morgan fingerprint density at radius 2 is 2.00 bits per heavy atom. The highest BCUT2D eigenvalue weighted by molar-refractivity contribution is 6.83. The van der Waals surface area contributed by atoms with Crippen molar-refractivity contribution in [3.8, 4) is 0 Å². The lowest BCUT2D eigenvalue weighted by Gasteiger charge is -2.22. The van der Waals surface area contributed by atoms with E-state index in [1.807, 2.05) is 0 Å². The fourth-order valence-corrected chi connectivity index (χ4v) is 5.77. The maximum absolute atomic E-state index is 5.80. The van der Waals surface area contributed by atoms with Crippen LogP contribution in [0.1, 0.15) is 26.7 Å². The van der Waals surface area contributed by atoms with E-state index in [4.69, 9.17) is 11.6 Å². The van der Waals surface area contributed by atoms with Crippen molar-refractivity contribution in [3.05, 3.63) is 11.8 Å². The molecule has 1 unspecified atom stereocenters. The first-order chi connectivity index (χ1) is 5.68. The minimum Gasteiger partial charge on any atom is -0.127 e. The van der Waals surface area contributed by atoms with Gasteiger partial charge < -0.3 is 0 Å². The van der Waals surface area contributed by atoms with Crippen molar-refractivity contribution in [2.24, 2.45) is 0 Å². The average Bonchev–Trinajstić information content (AvgIpc) is 2.02. The average molecular weight is 205 g/mol. The predicted octanol–water partition coefficient (Wildman–Crippen LogP) is 4.22. The molecule has 0 nitrogen and oxygen atoms in total. The van der Waals surface area contributed by atoms with Gasteiger partial charge in [0.2, 0.25) is 0 Å². The third-order valence-electron chi connectivity index (χ3n) is 2.34. The predicted molar refractivity (Wildman–Crippen MR) is 61.7 cm³/mol. The van der Waals surface area contributed by atoms with E-state index in [0.29, 0.717) is 0 Å². The molecule has 0 heterocycles. The summed E-state index contributed by atoms with van der Waals surface area (Å²) >= 11 is 5.80. The van der Waals surface area contributed by atoms with Gasteiger partial charge in [0.1, 0.15) is 0 Å². The van der Waals surface area contributed by atoms with Crippen LogP contribution in [-0.4, -0.2) is 14.0 Å². The second-order valence-corrected chi connectivity index (χ2v) is 8.72. The third-order valence-corrected chi connectivity index (χ3v) is 6.87. The largest absolute Gasteiger partial charge is 0.127 e. The van der Waals surface area contributed by atoms with Crippen molar-refractivity contribution >= 4 is 19.7 Å². The Morgan fingerprint density at radius 3 is 2.42 bits per heavy atom. The molecule has 0 aromatic heterocycles. The Balaban J connectivity index is 3.98. The van der Waals surface area contributed by atoms with E-state index >= 15 is 0 Å². The van der Waals surface area contributed by atoms with Gasteiger partial charge in [0.25, 0.3) is 0 Å². The molecule has 0 saturated carbocycles. The second-order valence-electron chi connectivity index (χ2n) is 3.70. The summed E-state index contributed by atoms with van der Waals surface area (Å²) in [7, 11) is -1.08. The minimum atomic E-state index is -1.08. The topological polar surface area (TPSA) is 0 Å². The molecule has 0 fully saturated rings. The number of rotatable bonds is 6. The summed E-state index contributed by atoms with van der Waals surface area (Å²) < 4.78 is 0. The first kappa shape index (κ1) is 12.2. The number of unbranched alkanes of at least 4 members (excludes halogenated alkanes) is 1. The molecule has 2 heteroatoms. The quantitative estimate of drug-likeness (QED) is 0.449. The lowest BCUT2D eigenvalue weighted by atomic mass is 10.4. The monoisotopic (exact) mass is 204 g/mol. The fraction of sp³-hybridized carbons (Fsp3) is 0.800. The van der Waals surface area contributed by atoms with Gasteiger partial charge in [-0.15, -0.1) is 11.6 Å². The Morgan fingerprint density at radius 1 is 1.33 bits per heavy atom. The summed E-state index contributed by atoms with van der Waals surface area (Å²) in [4.78, 5) is 0. The number of allylic oxidation sites excluding steroid dienone is 1. The van der Waals surface area contributed by atoms with Crippen molar-refractivity contribution < 1.29 is 0 Å². The van der Waals surface area contributed by atoms with Crippen LogP contribution in [0.4, 0.5) is 0 Å². The van der Waals surface area contributed by atoms with E-state index in [9.17, 15) is 0 Å². The Bertz CT molecular complexity index is 134. The van der Waals surface area contributed by atoms with Crippen LogP contribution in [0.15, 0.2) is 11.8 Å². The van der Waals surface area contributed by atoms with Gasteiger partial charge in [0.05, 0.1) is 8.07 Å². The van der Waals surface area contributed by atoms with E-state index in [1.165, 1.54) is 24.9 Å². The molecular formula is C10H21ClSi. The smallest absolute Gasteiger partial charge is 0.0755 e. The lowest BCUT2D eigenvalue weighted by Crippen LogP contribution is -2.27. The van der Waals surface area contributed by atoms with E-state index in [1.54, 1.807) is 0 Å². The van der Waals surface area contributed by atoms with Crippen LogP contribution >= 0.6 is 11.6 Å². The van der Waals surface area contributed by atoms with Crippen molar-refractivity contribution in [2.75, 3.05) is 5.88 Å². The van der Waals surface area contributed by atoms with Gasteiger partial charge in [-0.05, 0) is 13.0 Å². The van der Waals surface area contributed by atoms with Crippen LogP contribution in [0.25, 0.3) is 0 Å². The molecule has 72 valence electrons. The number of halogens is 1. The lowest BCUT2D eigenvalue weighted by molar-refractivity contribution is 0.866. The van der Waals surface area contributed by atoms with Crippen molar-refractivity contribution in [3.63, 3.8) is 0 Å². The standard InChI is InChI=1S/C10H21ClSi/c1-4-6-9-12(3,8-5-2)10-7-11/h5,8H,4,6-7,9-10H2,1-3H3. The van der Waals surface area contributed by atoms with Crippen LogP contribution < -0.4 is 0 Å². The number of alkyl halides is 1. The third kappa shape index (κ3) is 4.99. The van der Waals surface area contributed by atoms with Gasteiger partial charge in [0.15, 0.2) is 0 Å². The zero-order chi connectivity index (χ0) is 9.45. The van der Waals surface area contributed by atoms with Gasteiger partial charge in [-0.25, -0.2) is 0 Å². The summed E-state index contributed by atoms with van der Waals surface area (Å²) in [5.74, 6) is 0.830. The summed E-state index contributed by atoms with van der Waals surface area (Å²) in [5.41, 5.74) is 2.44. The van der Waals surface area contributed by atoms with Crippen LogP contribution in [0.5, 0.6) is 0 Å². The van der Waals surface area contributed by atoms with Crippen molar-refractivity contribution in [1.82, 2.24) is 0 Å². The second kappa shape index (κ2) is 6.73. The van der Waals surface area contributed by atoms with E-state index in [0.717, 1.165) is 5.88 Å². The molecule has 0 bridgehead atoms. The molecule has 0 radical (unpaired) electrons. The first-order valence-corrected chi connectivity index (χ1v) is 8.41. The molecule has 0 spiro atoms. The SMILES string of the molecule is CC=C[Si](C)(CCCl)CCCC. The molecule has 0 amide bonds. The molecule has 0 aliphatic heterocycles. The summed E-state index contributed by atoms with van der Waals surface area (Å²) in [6, 6.07) is 2.64. The zero-order valence-corrected chi connectivity index (χ0v) is 10.3. The van der Waals surface area contributed by atoms with Gasteiger partial charge in [0, 0.05) is 5.88 Å². The molecule has 0 aromatic carbocycles. The molecule has 1 atom stereocenters. The summed E-state index contributed by atoms with van der Waals surface area (Å²) in [6.07, 6.45) is 4.88. The minimum absolute atomic E-state index is 0.830. The Hall–Kier alpha value is 0.247. The van der Waals surface area contributed by atoms with Gasteiger partial charge in [-0.1, -0.05) is 44.1 Å². The Kier molecular flexibility index (Phi) is 6.87. The van der Waals surface area contributed by atoms with E-state index < -0.39 is 8.07 Å². The number of hydrogen-bond acceptors (Lipinski definition) is 0. The summed E-state index contributed by atoms with van der Waals surface area (Å²) in [5, 5.41) is 0. The van der Waals surface area contributed by atoms with Crippen molar-refractivity contribution in [1.29, 1.82) is 0 Å². The molecule has 0 aliphatic rings. The molecule has 0 saturated heterocycles. The fourth-order valence-electron chi connectivity index (χ4n) is 1.49. The van der Waals surface area contributed by atoms with Crippen LogP contribution in [0.2, 0.25) is 18.6 Å². The van der Waals surface area contributed by atoms with Crippen LogP contribution in [-0.2, 0) is 0 Å². The van der Waals surface area contributed by atoms with E-state index in [-0.39, 0.29) is 0 Å².